The van der Waals surface area contributed by atoms with E-state index in [0.717, 1.165) is 16.8 Å². The standard InChI is InChI=1S/C22H24N2O2S/c1-22(2,3)17-11-9-15(10-12-17)18-14-27-21(23-18)24-20(25)13-16-7-5-6-8-19(16)26-4/h5-12,14H,13H2,1-4H3,(H,23,24,25). The number of anilines is 1. The second-order valence-electron chi connectivity index (χ2n) is 7.40. The van der Waals surface area contributed by atoms with Crippen molar-refractivity contribution >= 4 is 22.4 Å². The van der Waals surface area contributed by atoms with Gasteiger partial charge in [0.05, 0.1) is 19.2 Å². The van der Waals surface area contributed by atoms with E-state index in [1.165, 1.54) is 16.9 Å². The van der Waals surface area contributed by atoms with Gasteiger partial charge >= 0.3 is 0 Å². The van der Waals surface area contributed by atoms with Gasteiger partial charge < -0.3 is 10.1 Å². The molecular formula is C22H24N2O2S. The molecule has 0 saturated heterocycles. The van der Waals surface area contributed by atoms with Gasteiger partial charge in [0.15, 0.2) is 5.13 Å². The summed E-state index contributed by atoms with van der Waals surface area (Å²) in [6.45, 7) is 6.58. The summed E-state index contributed by atoms with van der Waals surface area (Å²) in [7, 11) is 1.61. The molecule has 0 saturated carbocycles. The van der Waals surface area contributed by atoms with Gasteiger partial charge in [0.2, 0.25) is 5.91 Å². The summed E-state index contributed by atoms with van der Waals surface area (Å²) < 4.78 is 5.30. The lowest BCUT2D eigenvalue weighted by Crippen LogP contribution is -2.14. The number of thiazole rings is 1. The second-order valence-corrected chi connectivity index (χ2v) is 8.26. The van der Waals surface area contributed by atoms with E-state index in [9.17, 15) is 4.79 Å². The number of amides is 1. The topological polar surface area (TPSA) is 51.2 Å². The lowest BCUT2D eigenvalue weighted by atomic mass is 9.86. The Morgan fingerprint density at radius 2 is 1.81 bits per heavy atom. The zero-order valence-corrected chi connectivity index (χ0v) is 16.9. The van der Waals surface area contributed by atoms with Crippen molar-refractivity contribution in [3.63, 3.8) is 0 Å². The molecule has 0 fully saturated rings. The van der Waals surface area contributed by atoms with E-state index in [4.69, 9.17) is 4.74 Å². The van der Waals surface area contributed by atoms with Crippen molar-refractivity contribution in [2.75, 3.05) is 12.4 Å². The highest BCUT2D eigenvalue weighted by atomic mass is 32.1. The van der Waals surface area contributed by atoms with E-state index in [2.05, 4.69) is 55.3 Å². The predicted molar refractivity (Wildman–Crippen MR) is 112 cm³/mol. The zero-order valence-electron chi connectivity index (χ0n) is 16.1. The summed E-state index contributed by atoms with van der Waals surface area (Å²) in [6, 6.07) is 16.0. The van der Waals surface area contributed by atoms with Crippen LogP contribution in [-0.4, -0.2) is 18.0 Å². The molecule has 0 aliphatic carbocycles. The minimum Gasteiger partial charge on any atom is -0.496 e. The molecule has 0 atom stereocenters. The summed E-state index contributed by atoms with van der Waals surface area (Å²) >= 11 is 1.43. The molecule has 1 amide bonds. The summed E-state index contributed by atoms with van der Waals surface area (Å²) in [5, 5.41) is 5.45. The summed E-state index contributed by atoms with van der Waals surface area (Å²) in [5.41, 5.74) is 4.18. The Labute approximate surface area is 164 Å². The molecule has 5 heteroatoms. The van der Waals surface area contributed by atoms with Gasteiger partial charge in [-0.15, -0.1) is 11.3 Å². The zero-order chi connectivity index (χ0) is 19.4. The third-order valence-electron chi connectivity index (χ3n) is 4.34. The maximum Gasteiger partial charge on any atom is 0.230 e. The summed E-state index contributed by atoms with van der Waals surface area (Å²) in [6.07, 6.45) is 0.249. The molecule has 2 aromatic carbocycles. The average molecular weight is 381 g/mol. The fourth-order valence-electron chi connectivity index (χ4n) is 2.79. The van der Waals surface area contributed by atoms with Crippen LogP contribution in [0.2, 0.25) is 0 Å². The molecule has 1 heterocycles. The van der Waals surface area contributed by atoms with Crippen LogP contribution < -0.4 is 10.1 Å². The van der Waals surface area contributed by atoms with Crippen LogP contribution in [0.5, 0.6) is 5.75 Å². The first-order chi connectivity index (χ1) is 12.9. The molecule has 27 heavy (non-hydrogen) atoms. The highest BCUT2D eigenvalue weighted by Crippen LogP contribution is 2.28. The molecule has 4 nitrogen and oxygen atoms in total. The third kappa shape index (κ3) is 4.74. The number of benzene rings is 2. The van der Waals surface area contributed by atoms with E-state index in [1.54, 1.807) is 7.11 Å². The van der Waals surface area contributed by atoms with Crippen LogP contribution in [0.3, 0.4) is 0 Å². The molecule has 1 aromatic heterocycles. The van der Waals surface area contributed by atoms with E-state index >= 15 is 0 Å². The summed E-state index contributed by atoms with van der Waals surface area (Å²) in [5.74, 6) is 0.606. The number of hydrogen-bond acceptors (Lipinski definition) is 4. The van der Waals surface area contributed by atoms with Gasteiger partial charge in [-0.25, -0.2) is 4.98 Å². The van der Waals surface area contributed by atoms with Crippen LogP contribution >= 0.6 is 11.3 Å². The number of hydrogen-bond donors (Lipinski definition) is 1. The molecule has 0 aliphatic rings. The van der Waals surface area contributed by atoms with Crippen molar-refractivity contribution in [1.82, 2.24) is 4.98 Å². The van der Waals surface area contributed by atoms with Gasteiger partial charge in [-0.1, -0.05) is 63.2 Å². The largest absolute Gasteiger partial charge is 0.496 e. The first kappa shape index (κ1) is 19.1. The Hall–Kier alpha value is -2.66. The van der Waals surface area contributed by atoms with Crippen LogP contribution in [0.4, 0.5) is 5.13 Å². The number of ether oxygens (including phenoxy) is 1. The minimum absolute atomic E-state index is 0.108. The van der Waals surface area contributed by atoms with Crippen LogP contribution in [-0.2, 0) is 16.6 Å². The van der Waals surface area contributed by atoms with Crippen molar-refractivity contribution < 1.29 is 9.53 Å². The van der Waals surface area contributed by atoms with Crippen molar-refractivity contribution in [2.45, 2.75) is 32.6 Å². The number of carbonyl (C=O) groups excluding carboxylic acids is 1. The number of rotatable bonds is 5. The molecule has 3 aromatic rings. The van der Waals surface area contributed by atoms with Crippen LogP contribution in [0.15, 0.2) is 53.9 Å². The maximum absolute atomic E-state index is 12.4. The lowest BCUT2D eigenvalue weighted by Gasteiger charge is -2.18. The predicted octanol–water partition coefficient (Wildman–Crippen LogP) is 5.30. The van der Waals surface area contributed by atoms with E-state index in [1.807, 2.05) is 29.6 Å². The normalized spacial score (nSPS) is 11.3. The van der Waals surface area contributed by atoms with E-state index in [0.29, 0.717) is 10.9 Å². The number of aromatic nitrogens is 1. The molecule has 0 aliphatic heterocycles. The number of methoxy groups -OCH3 is 1. The van der Waals surface area contributed by atoms with Gasteiger partial charge in [-0.3, -0.25) is 4.79 Å². The minimum atomic E-state index is -0.108. The van der Waals surface area contributed by atoms with E-state index in [-0.39, 0.29) is 17.7 Å². The first-order valence-corrected chi connectivity index (χ1v) is 9.73. The molecule has 3 rings (SSSR count). The molecule has 1 N–H and O–H groups in total. The fourth-order valence-corrected chi connectivity index (χ4v) is 3.53. The molecule has 0 radical (unpaired) electrons. The molecule has 0 spiro atoms. The van der Waals surface area contributed by atoms with Gasteiger partial charge in [0.25, 0.3) is 0 Å². The lowest BCUT2D eigenvalue weighted by molar-refractivity contribution is -0.115. The third-order valence-corrected chi connectivity index (χ3v) is 5.10. The van der Waals surface area contributed by atoms with Gasteiger partial charge in [0.1, 0.15) is 5.75 Å². The Balaban J connectivity index is 1.68. The average Bonchev–Trinajstić information content (AvgIpc) is 3.10. The Morgan fingerprint density at radius 1 is 1.11 bits per heavy atom. The van der Waals surface area contributed by atoms with Crippen molar-refractivity contribution in [2.24, 2.45) is 0 Å². The highest BCUT2D eigenvalue weighted by molar-refractivity contribution is 7.14. The Kier molecular flexibility index (Phi) is 5.61. The monoisotopic (exact) mass is 380 g/mol. The quantitative estimate of drug-likeness (QED) is 0.654. The molecular weight excluding hydrogens is 356 g/mol. The Bertz CT molecular complexity index is 924. The highest BCUT2D eigenvalue weighted by Gasteiger charge is 2.14. The SMILES string of the molecule is COc1ccccc1CC(=O)Nc1nc(-c2ccc(C(C)(C)C)cc2)cs1. The van der Waals surface area contributed by atoms with E-state index < -0.39 is 0 Å². The van der Waals surface area contributed by atoms with Gasteiger partial charge in [0, 0.05) is 16.5 Å². The van der Waals surface area contributed by atoms with Crippen LogP contribution in [0.25, 0.3) is 11.3 Å². The maximum atomic E-state index is 12.4. The van der Waals surface area contributed by atoms with Crippen molar-refractivity contribution in [1.29, 1.82) is 0 Å². The fraction of sp³-hybridized carbons (Fsp3) is 0.273. The number of nitrogens with zero attached hydrogens (tertiary/aromatic N) is 1. The van der Waals surface area contributed by atoms with Crippen molar-refractivity contribution in [3.8, 4) is 17.0 Å². The smallest absolute Gasteiger partial charge is 0.230 e. The van der Waals surface area contributed by atoms with Crippen LogP contribution in [0, 0.1) is 0 Å². The number of para-hydroxylation sites is 1. The second kappa shape index (κ2) is 7.92. The van der Waals surface area contributed by atoms with Gasteiger partial charge in [-0.05, 0) is 17.0 Å². The number of nitrogens with one attached hydrogen (secondary N) is 1. The van der Waals surface area contributed by atoms with Crippen LogP contribution in [0.1, 0.15) is 31.9 Å². The Morgan fingerprint density at radius 3 is 2.48 bits per heavy atom. The molecule has 0 bridgehead atoms. The van der Waals surface area contributed by atoms with Gasteiger partial charge in [-0.2, -0.15) is 0 Å². The summed E-state index contributed by atoms with van der Waals surface area (Å²) in [4.78, 5) is 16.9. The molecule has 140 valence electrons. The molecule has 0 unspecified atom stereocenters. The number of carbonyl (C=O) groups is 1. The van der Waals surface area contributed by atoms with Crippen molar-refractivity contribution in [3.05, 3.63) is 65.0 Å². The first-order valence-electron chi connectivity index (χ1n) is 8.85.